The van der Waals surface area contributed by atoms with Crippen molar-refractivity contribution in [3.05, 3.63) is 106 Å². The summed E-state index contributed by atoms with van der Waals surface area (Å²) in [6, 6.07) is 18.9. The Labute approximate surface area is 197 Å². The average molecular weight is 441 g/mol. The van der Waals surface area contributed by atoms with Gasteiger partial charge in [0.2, 0.25) is 0 Å². The van der Waals surface area contributed by atoms with Gasteiger partial charge in [0.15, 0.2) is 11.6 Å². The van der Waals surface area contributed by atoms with Gasteiger partial charge >= 0.3 is 0 Å². The maximum atomic E-state index is 14.5. The summed E-state index contributed by atoms with van der Waals surface area (Å²) in [6.07, 6.45) is 6.98. The molecule has 33 heavy (non-hydrogen) atoms. The molecular formula is C31H30F2. The standard InChI is InChI=1S/C31H30F2/c1-3-5-6-7-8-9-28-22-23-29(31(33)30(28)32)21-20-27-18-16-26(17-19-27)15-14-25-12-10-24(4-2)11-13-25/h10-13,16-19,22-23H,3-9H2,1-2H3. The highest BCUT2D eigenvalue weighted by Gasteiger charge is 2.12. The van der Waals surface area contributed by atoms with E-state index in [0.717, 1.165) is 42.4 Å². The highest BCUT2D eigenvalue weighted by atomic mass is 19.2. The third kappa shape index (κ3) is 7.34. The Balaban J connectivity index is 1.64. The zero-order valence-electron chi connectivity index (χ0n) is 19.5. The molecule has 0 N–H and O–H groups in total. The number of benzene rings is 3. The molecule has 0 spiro atoms. The SMILES string of the molecule is CCCCCCCc1ccc(C#Cc2ccc(C#Cc3ccc(CC)cc3)cc2)c(F)c1F. The predicted octanol–water partition coefficient (Wildman–Crippen LogP) is 7.84. The summed E-state index contributed by atoms with van der Waals surface area (Å²) in [7, 11) is 0. The maximum Gasteiger partial charge on any atom is 0.174 e. The van der Waals surface area contributed by atoms with Crippen LogP contribution in [0.2, 0.25) is 0 Å². The molecule has 0 aliphatic carbocycles. The molecule has 3 aromatic carbocycles. The van der Waals surface area contributed by atoms with Gasteiger partial charge in [0.25, 0.3) is 0 Å². The first kappa shape index (κ1) is 24.3. The zero-order chi connectivity index (χ0) is 23.5. The van der Waals surface area contributed by atoms with Gasteiger partial charge in [-0.15, -0.1) is 0 Å². The summed E-state index contributed by atoms with van der Waals surface area (Å²) >= 11 is 0. The second-order valence-corrected chi connectivity index (χ2v) is 8.19. The molecule has 0 atom stereocenters. The Morgan fingerprint density at radius 3 is 1.70 bits per heavy atom. The van der Waals surface area contributed by atoms with Gasteiger partial charge in [-0.25, -0.2) is 8.78 Å². The zero-order valence-corrected chi connectivity index (χ0v) is 19.5. The first-order valence-electron chi connectivity index (χ1n) is 11.8. The molecule has 168 valence electrons. The average Bonchev–Trinajstić information content (AvgIpc) is 2.85. The van der Waals surface area contributed by atoms with E-state index in [2.05, 4.69) is 49.7 Å². The first-order valence-corrected chi connectivity index (χ1v) is 11.8. The van der Waals surface area contributed by atoms with Gasteiger partial charge < -0.3 is 0 Å². The fourth-order valence-corrected chi connectivity index (χ4v) is 3.54. The van der Waals surface area contributed by atoms with Crippen LogP contribution in [0.1, 0.15) is 79.3 Å². The van der Waals surface area contributed by atoms with Crippen LogP contribution < -0.4 is 0 Å². The molecule has 0 aromatic heterocycles. The molecular weight excluding hydrogens is 410 g/mol. The van der Waals surface area contributed by atoms with Gasteiger partial charge in [0.05, 0.1) is 5.56 Å². The number of rotatable bonds is 7. The topological polar surface area (TPSA) is 0 Å². The summed E-state index contributed by atoms with van der Waals surface area (Å²) in [5, 5.41) is 0. The van der Waals surface area contributed by atoms with E-state index in [-0.39, 0.29) is 5.56 Å². The predicted molar refractivity (Wildman–Crippen MR) is 133 cm³/mol. The lowest BCUT2D eigenvalue weighted by Gasteiger charge is -2.05. The van der Waals surface area contributed by atoms with Crippen LogP contribution in [0, 0.1) is 35.3 Å². The molecule has 3 aromatic rings. The van der Waals surface area contributed by atoms with Crippen LogP contribution in [0.15, 0.2) is 60.7 Å². The van der Waals surface area contributed by atoms with Gasteiger partial charge in [-0.05, 0) is 72.9 Å². The smallest absolute Gasteiger partial charge is 0.174 e. The second-order valence-electron chi connectivity index (χ2n) is 8.19. The number of unbranched alkanes of at least 4 members (excludes halogenated alkanes) is 4. The lowest BCUT2D eigenvalue weighted by atomic mass is 10.0. The van der Waals surface area contributed by atoms with E-state index < -0.39 is 11.6 Å². The lowest BCUT2D eigenvalue weighted by Crippen LogP contribution is -1.98. The van der Waals surface area contributed by atoms with Crippen LogP contribution in [0.4, 0.5) is 8.78 Å². The summed E-state index contributed by atoms with van der Waals surface area (Å²) in [5.74, 6) is 10.4. The minimum Gasteiger partial charge on any atom is -0.203 e. The van der Waals surface area contributed by atoms with Crippen molar-refractivity contribution in [1.82, 2.24) is 0 Å². The summed E-state index contributed by atoms with van der Waals surface area (Å²) in [6.45, 7) is 4.28. The fraction of sp³-hybridized carbons (Fsp3) is 0.290. The molecule has 0 heterocycles. The summed E-state index contributed by atoms with van der Waals surface area (Å²) in [4.78, 5) is 0. The van der Waals surface area contributed by atoms with Crippen molar-refractivity contribution in [2.45, 2.75) is 58.8 Å². The largest absolute Gasteiger partial charge is 0.203 e. The Hall–Kier alpha value is -3.36. The molecule has 2 heteroatoms. The van der Waals surface area contributed by atoms with Crippen LogP contribution in [0.3, 0.4) is 0 Å². The van der Waals surface area contributed by atoms with Gasteiger partial charge in [-0.3, -0.25) is 0 Å². The molecule has 0 nitrogen and oxygen atoms in total. The van der Waals surface area contributed by atoms with Gasteiger partial charge in [-0.2, -0.15) is 0 Å². The molecule has 0 amide bonds. The third-order valence-corrected chi connectivity index (χ3v) is 5.65. The Bertz CT molecular complexity index is 1160. The van der Waals surface area contributed by atoms with E-state index in [1.54, 1.807) is 12.1 Å². The normalized spacial score (nSPS) is 10.2. The highest BCUT2D eigenvalue weighted by molar-refractivity contribution is 5.48. The molecule has 0 saturated heterocycles. The van der Waals surface area contributed by atoms with Crippen molar-refractivity contribution in [1.29, 1.82) is 0 Å². The van der Waals surface area contributed by atoms with Crippen molar-refractivity contribution in [2.75, 3.05) is 0 Å². The summed E-state index contributed by atoms with van der Waals surface area (Å²) in [5.41, 5.74) is 4.38. The van der Waals surface area contributed by atoms with Crippen LogP contribution in [0.25, 0.3) is 0 Å². The van der Waals surface area contributed by atoms with E-state index >= 15 is 0 Å². The lowest BCUT2D eigenvalue weighted by molar-refractivity contribution is 0.493. The number of hydrogen-bond acceptors (Lipinski definition) is 0. The molecule has 3 rings (SSSR count). The number of aryl methyl sites for hydroxylation is 2. The molecule has 0 fully saturated rings. The van der Waals surface area contributed by atoms with Crippen molar-refractivity contribution in [3.63, 3.8) is 0 Å². The second kappa shape index (κ2) is 12.6. The Morgan fingerprint density at radius 1 is 0.576 bits per heavy atom. The molecule has 0 aliphatic rings. The minimum absolute atomic E-state index is 0.0848. The van der Waals surface area contributed by atoms with E-state index in [1.165, 1.54) is 18.4 Å². The summed E-state index contributed by atoms with van der Waals surface area (Å²) < 4.78 is 28.9. The van der Waals surface area contributed by atoms with Gasteiger partial charge in [-0.1, -0.05) is 81.4 Å². The van der Waals surface area contributed by atoms with Gasteiger partial charge in [0.1, 0.15) is 0 Å². The van der Waals surface area contributed by atoms with E-state index in [0.29, 0.717) is 12.0 Å². The van der Waals surface area contributed by atoms with E-state index in [9.17, 15) is 8.78 Å². The molecule has 0 saturated carbocycles. The van der Waals surface area contributed by atoms with Crippen molar-refractivity contribution in [3.8, 4) is 23.7 Å². The van der Waals surface area contributed by atoms with Crippen LogP contribution in [-0.2, 0) is 12.8 Å². The quantitative estimate of drug-likeness (QED) is 0.259. The minimum atomic E-state index is -0.856. The Kier molecular flexibility index (Phi) is 9.29. The van der Waals surface area contributed by atoms with E-state index in [1.807, 2.05) is 36.4 Å². The van der Waals surface area contributed by atoms with E-state index in [4.69, 9.17) is 0 Å². The third-order valence-electron chi connectivity index (χ3n) is 5.65. The maximum absolute atomic E-state index is 14.5. The molecule has 0 aliphatic heterocycles. The van der Waals surface area contributed by atoms with Crippen LogP contribution in [0.5, 0.6) is 0 Å². The molecule has 0 bridgehead atoms. The highest BCUT2D eigenvalue weighted by Crippen LogP contribution is 2.18. The van der Waals surface area contributed by atoms with Gasteiger partial charge in [0, 0.05) is 16.7 Å². The van der Waals surface area contributed by atoms with Crippen molar-refractivity contribution >= 4 is 0 Å². The fourth-order valence-electron chi connectivity index (χ4n) is 3.54. The number of hydrogen-bond donors (Lipinski definition) is 0. The van der Waals surface area contributed by atoms with Crippen molar-refractivity contribution in [2.24, 2.45) is 0 Å². The Morgan fingerprint density at radius 2 is 1.12 bits per heavy atom. The van der Waals surface area contributed by atoms with Crippen LogP contribution >= 0.6 is 0 Å². The molecule has 0 radical (unpaired) electrons. The number of halogens is 2. The van der Waals surface area contributed by atoms with Crippen LogP contribution in [-0.4, -0.2) is 0 Å². The van der Waals surface area contributed by atoms with Crippen molar-refractivity contribution < 1.29 is 8.78 Å². The molecule has 0 unspecified atom stereocenters. The monoisotopic (exact) mass is 440 g/mol. The first-order chi connectivity index (χ1) is 16.1.